The average Bonchev–Trinajstić information content (AvgIpc) is 3.18. The fourth-order valence-corrected chi connectivity index (χ4v) is 3.18. The highest BCUT2D eigenvalue weighted by Gasteiger charge is 2.16. The highest BCUT2D eigenvalue weighted by Crippen LogP contribution is 2.30. The Morgan fingerprint density at radius 1 is 1.19 bits per heavy atom. The Labute approximate surface area is 127 Å². The van der Waals surface area contributed by atoms with Gasteiger partial charge in [-0.05, 0) is 46.0 Å². The van der Waals surface area contributed by atoms with Gasteiger partial charge in [0.2, 0.25) is 0 Å². The third kappa shape index (κ3) is 3.11. The van der Waals surface area contributed by atoms with Gasteiger partial charge in [0, 0.05) is 10.6 Å². The van der Waals surface area contributed by atoms with Crippen molar-refractivity contribution in [3.63, 3.8) is 0 Å². The highest BCUT2D eigenvalue weighted by atomic mass is 32.1. The monoisotopic (exact) mass is 299 g/mol. The summed E-state index contributed by atoms with van der Waals surface area (Å²) in [6.07, 6.45) is 1.60. The first-order valence-corrected chi connectivity index (χ1v) is 7.75. The fraction of sp³-hybridized carbons (Fsp3) is 0.267. The van der Waals surface area contributed by atoms with E-state index in [9.17, 15) is 0 Å². The number of hydrogen-bond donors (Lipinski definition) is 1. The van der Waals surface area contributed by atoms with Gasteiger partial charge in [-0.2, -0.15) is 0 Å². The van der Waals surface area contributed by atoms with Crippen molar-refractivity contribution >= 4 is 17.0 Å². The molecule has 2 aromatic heterocycles. The molecular formula is C15H17N5S. The fourth-order valence-electron chi connectivity index (χ4n) is 2.23. The molecule has 1 aromatic carbocycles. The van der Waals surface area contributed by atoms with Crippen molar-refractivity contribution in [2.75, 3.05) is 5.32 Å². The highest BCUT2D eigenvalue weighted by molar-refractivity contribution is 7.10. The molecule has 0 amide bonds. The molecule has 108 valence electrons. The molecule has 0 fully saturated rings. The Morgan fingerprint density at radius 3 is 2.76 bits per heavy atom. The molecule has 0 saturated carbocycles. The lowest BCUT2D eigenvalue weighted by Gasteiger charge is -2.22. The van der Waals surface area contributed by atoms with Crippen molar-refractivity contribution in [1.29, 1.82) is 0 Å². The number of aromatic nitrogens is 4. The van der Waals surface area contributed by atoms with Crippen molar-refractivity contribution in [2.24, 2.45) is 5.92 Å². The van der Waals surface area contributed by atoms with Crippen LogP contribution < -0.4 is 5.32 Å². The molecule has 0 aliphatic rings. The van der Waals surface area contributed by atoms with Crippen LogP contribution in [0.5, 0.6) is 0 Å². The summed E-state index contributed by atoms with van der Waals surface area (Å²) < 4.78 is 1.65. The minimum absolute atomic E-state index is 0.300. The van der Waals surface area contributed by atoms with Gasteiger partial charge in [0.15, 0.2) is 0 Å². The molecular weight excluding hydrogens is 282 g/mol. The predicted octanol–water partition coefficient (Wildman–Crippen LogP) is 3.53. The molecule has 0 aliphatic heterocycles. The van der Waals surface area contributed by atoms with E-state index in [4.69, 9.17) is 0 Å². The molecule has 2 heterocycles. The maximum atomic E-state index is 3.92. The van der Waals surface area contributed by atoms with Crippen molar-refractivity contribution < 1.29 is 0 Å². The second kappa shape index (κ2) is 6.05. The Morgan fingerprint density at radius 2 is 2.10 bits per heavy atom. The first kappa shape index (κ1) is 13.8. The number of benzene rings is 1. The van der Waals surface area contributed by atoms with Crippen molar-refractivity contribution in [1.82, 2.24) is 20.2 Å². The number of tetrazole rings is 1. The number of anilines is 1. The van der Waals surface area contributed by atoms with E-state index in [1.165, 1.54) is 4.88 Å². The largest absolute Gasteiger partial charge is 0.377 e. The first-order valence-electron chi connectivity index (χ1n) is 6.87. The molecule has 0 saturated heterocycles. The van der Waals surface area contributed by atoms with Crippen LogP contribution in [0.15, 0.2) is 48.1 Å². The van der Waals surface area contributed by atoms with Crippen LogP contribution >= 0.6 is 11.3 Å². The van der Waals surface area contributed by atoms with Crippen LogP contribution in [-0.4, -0.2) is 20.2 Å². The lowest BCUT2D eigenvalue weighted by atomic mass is 10.0. The zero-order valence-electron chi connectivity index (χ0n) is 12.0. The molecule has 21 heavy (non-hydrogen) atoms. The predicted molar refractivity (Wildman–Crippen MR) is 84.7 cm³/mol. The number of rotatable bonds is 5. The minimum Gasteiger partial charge on any atom is -0.377 e. The van der Waals surface area contributed by atoms with Gasteiger partial charge in [0.1, 0.15) is 6.33 Å². The second-order valence-electron chi connectivity index (χ2n) is 5.19. The number of hydrogen-bond acceptors (Lipinski definition) is 5. The Balaban J connectivity index is 1.85. The molecule has 0 spiro atoms. The normalized spacial score (nSPS) is 12.5. The van der Waals surface area contributed by atoms with Gasteiger partial charge in [-0.25, -0.2) is 4.68 Å². The van der Waals surface area contributed by atoms with Crippen LogP contribution in [0.25, 0.3) is 5.69 Å². The van der Waals surface area contributed by atoms with Gasteiger partial charge in [-0.3, -0.25) is 0 Å². The summed E-state index contributed by atoms with van der Waals surface area (Å²) in [4.78, 5) is 1.35. The van der Waals surface area contributed by atoms with Gasteiger partial charge < -0.3 is 5.32 Å². The van der Waals surface area contributed by atoms with Crippen LogP contribution in [-0.2, 0) is 0 Å². The van der Waals surface area contributed by atoms with Crippen LogP contribution in [0, 0.1) is 5.92 Å². The van der Waals surface area contributed by atoms with E-state index in [0.717, 1.165) is 11.4 Å². The second-order valence-corrected chi connectivity index (χ2v) is 6.17. The van der Waals surface area contributed by atoms with Crippen LogP contribution in [0.1, 0.15) is 24.8 Å². The number of nitrogens with one attached hydrogen (secondary N) is 1. The van der Waals surface area contributed by atoms with E-state index in [0.29, 0.717) is 12.0 Å². The number of nitrogens with zero attached hydrogens (tertiary/aromatic N) is 4. The van der Waals surface area contributed by atoms with Gasteiger partial charge in [-0.15, -0.1) is 16.4 Å². The van der Waals surface area contributed by atoms with E-state index < -0.39 is 0 Å². The Bertz CT molecular complexity index is 676. The first-order chi connectivity index (χ1) is 10.2. The summed E-state index contributed by atoms with van der Waals surface area (Å²) >= 11 is 1.78. The van der Waals surface area contributed by atoms with Gasteiger partial charge in [0.25, 0.3) is 0 Å². The molecule has 1 atom stereocenters. The van der Waals surface area contributed by atoms with Crippen LogP contribution in [0.2, 0.25) is 0 Å². The van der Waals surface area contributed by atoms with Gasteiger partial charge in [-0.1, -0.05) is 26.0 Å². The molecule has 0 radical (unpaired) electrons. The van der Waals surface area contributed by atoms with Gasteiger partial charge >= 0.3 is 0 Å². The average molecular weight is 299 g/mol. The van der Waals surface area contributed by atoms with Crippen molar-refractivity contribution in [2.45, 2.75) is 19.9 Å². The van der Waals surface area contributed by atoms with E-state index in [-0.39, 0.29) is 0 Å². The molecule has 1 N–H and O–H groups in total. The third-order valence-electron chi connectivity index (χ3n) is 3.30. The van der Waals surface area contributed by atoms with Crippen molar-refractivity contribution in [3.8, 4) is 5.69 Å². The summed E-state index contributed by atoms with van der Waals surface area (Å²) in [6, 6.07) is 12.7. The Kier molecular flexibility index (Phi) is 3.96. The lowest BCUT2D eigenvalue weighted by Crippen LogP contribution is -2.15. The zero-order chi connectivity index (χ0) is 14.7. The topological polar surface area (TPSA) is 55.6 Å². The molecule has 6 heteroatoms. The Hall–Kier alpha value is -2.21. The minimum atomic E-state index is 0.300. The van der Waals surface area contributed by atoms with E-state index in [1.54, 1.807) is 22.3 Å². The molecule has 0 bridgehead atoms. The summed E-state index contributed by atoms with van der Waals surface area (Å²) in [5, 5.41) is 17.0. The molecule has 3 aromatic rings. The van der Waals surface area contributed by atoms with Crippen LogP contribution in [0.4, 0.5) is 5.69 Å². The lowest BCUT2D eigenvalue weighted by molar-refractivity contribution is 0.554. The van der Waals surface area contributed by atoms with Crippen molar-refractivity contribution in [3.05, 3.63) is 53.0 Å². The quantitative estimate of drug-likeness (QED) is 0.783. The van der Waals surface area contributed by atoms with E-state index in [1.807, 2.05) is 12.1 Å². The number of thiophene rings is 1. The summed E-state index contributed by atoms with van der Waals surface area (Å²) in [7, 11) is 0. The maximum absolute atomic E-state index is 3.92. The standard InChI is InChI=1S/C15H17N5S/c1-11(2)15(14-7-4-8-21-14)17-12-5-3-6-13(9-12)20-10-16-18-19-20/h3-11,15,17H,1-2H3. The molecule has 5 nitrogen and oxygen atoms in total. The zero-order valence-corrected chi connectivity index (χ0v) is 12.8. The smallest absolute Gasteiger partial charge is 0.143 e. The summed E-state index contributed by atoms with van der Waals surface area (Å²) in [5.41, 5.74) is 2.01. The molecule has 0 aliphatic carbocycles. The molecule has 1 unspecified atom stereocenters. The maximum Gasteiger partial charge on any atom is 0.143 e. The SMILES string of the molecule is CC(C)C(Nc1cccc(-n2cnnn2)c1)c1cccs1. The van der Waals surface area contributed by atoms with Gasteiger partial charge in [0.05, 0.1) is 11.7 Å². The summed E-state index contributed by atoms with van der Waals surface area (Å²) in [5.74, 6) is 0.500. The molecule has 3 rings (SSSR count). The van der Waals surface area contributed by atoms with E-state index in [2.05, 4.69) is 64.3 Å². The third-order valence-corrected chi connectivity index (χ3v) is 4.25. The summed E-state index contributed by atoms with van der Waals surface area (Å²) in [6.45, 7) is 4.45. The van der Waals surface area contributed by atoms with Crippen LogP contribution in [0.3, 0.4) is 0 Å². The van der Waals surface area contributed by atoms with E-state index >= 15 is 0 Å².